The van der Waals surface area contributed by atoms with Gasteiger partial charge in [0.05, 0.1) is 12.7 Å². The summed E-state index contributed by atoms with van der Waals surface area (Å²) in [6, 6.07) is -1.08. The van der Waals surface area contributed by atoms with Gasteiger partial charge in [0, 0.05) is 50.9 Å². The highest BCUT2D eigenvalue weighted by Gasteiger charge is 2.53. The van der Waals surface area contributed by atoms with Gasteiger partial charge < -0.3 is 34.1 Å². The van der Waals surface area contributed by atoms with Crippen LogP contribution in [0.15, 0.2) is 47.6 Å². The van der Waals surface area contributed by atoms with Crippen LogP contribution >= 0.6 is 0 Å². The maximum atomic E-state index is 14.0. The van der Waals surface area contributed by atoms with Crippen LogP contribution < -0.4 is 0 Å². The minimum absolute atomic E-state index is 0.0443. The molecule has 0 aliphatic carbocycles. The summed E-state index contributed by atoms with van der Waals surface area (Å²) in [4.78, 5) is 70.0. The largest absolute Gasteiger partial charge is 0.460 e. The van der Waals surface area contributed by atoms with Crippen LogP contribution in [0.25, 0.3) is 0 Å². The van der Waals surface area contributed by atoms with Crippen molar-refractivity contribution < 1.29 is 53.1 Å². The lowest BCUT2D eigenvalue weighted by Crippen LogP contribution is -2.60. The number of ether oxygens (including phenoxy) is 4. The number of aliphatic hydroxyl groups excluding tert-OH is 1. The highest BCUT2D eigenvalue weighted by molar-refractivity contribution is 6.39. The number of nitrogens with zero attached hydrogens (tertiary/aromatic N) is 1. The van der Waals surface area contributed by atoms with Crippen LogP contribution in [0.2, 0.25) is 0 Å². The Morgan fingerprint density at radius 3 is 2.28 bits per heavy atom. The molecule has 12 nitrogen and oxygen atoms in total. The lowest BCUT2D eigenvalue weighted by Gasteiger charge is -2.42. The molecule has 12 heteroatoms. The van der Waals surface area contributed by atoms with Gasteiger partial charge in [-0.2, -0.15) is 0 Å². The molecular formula is C45H69NO11. The zero-order valence-corrected chi connectivity index (χ0v) is 35.9. The molecule has 2 N–H and O–H groups in total. The number of fused-ring (bicyclic) bond motifs is 3. The Kier molecular flexibility index (Phi) is 18.7. The quantitative estimate of drug-likeness (QED) is 0.198. The first kappa shape index (κ1) is 48.1. The summed E-state index contributed by atoms with van der Waals surface area (Å²) in [5.41, 5.74) is 1.41. The summed E-state index contributed by atoms with van der Waals surface area (Å²) in [6.07, 6.45) is 10.9. The molecule has 3 aliphatic heterocycles. The second-order valence-electron chi connectivity index (χ2n) is 17.0. The van der Waals surface area contributed by atoms with Gasteiger partial charge in [-0.15, -0.1) is 0 Å². The van der Waals surface area contributed by atoms with Gasteiger partial charge in [-0.25, -0.2) is 4.79 Å². The van der Waals surface area contributed by atoms with Gasteiger partial charge in [0.2, 0.25) is 5.79 Å². The van der Waals surface area contributed by atoms with E-state index in [-0.39, 0.29) is 48.7 Å². The molecule has 3 heterocycles. The Labute approximate surface area is 340 Å². The van der Waals surface area contributed by atoms with Gasteiger partial charge in [-0.1, -0.05) is 83.6 Å². The number of methoxy groups -OCH3 is 2. The van der Waals surface area contributed by atoms with Gasteiger partial charge in [0.1, 0.15) is 30.1 Å². The van der Waals surface area contributed by atoms with Crippen molar-refractivity contribution in [2.45, 2.75) is 143 Å². The van der Waals surface area contributed by atoms with Crippen LogP contribution in [0.5, 0.6) is 0 Å². The first-order chi connectivity index (χ1) is 26.9. The van der Waals surface area contributed by atoms with Gasteiger partial charge in [-0.05, 0) is 76.2 Å². The van der Waals surface area contributed by atoms with Crippen molar-refractivity contribution in [3.8, 4) is 0 Å². The molecule has 0 aromatic carbocycles. The molecule has 2 fully saturated rings. The average Bonchev–Trinajstić information content (AvgIpc) is 3.17. The highest BCUT2D eigenvalue weighted by atomic mass is 16.6. The lowest BCUT2D eigenvalue weighted by molar-refractivity contribution is -0.265. The SMILES string of the molecule is COCC1CC2CC[C@@H](C)[C@@](O)(O2)C(=O)C(=O)N2CCCC[C@H]2C(=O)OC(C(C)C)CC(=O)C(C)/C=C(\C)[C@@H](O)C(OC)C(=O)[C@H](C)C[C@H](C)/C=C/C=C/C=C/1C. The van der Waals surface area contributed by atoms with Crippen molar-refractivity contribution in [2.75, 3.05) is 27.4 Å². The van der Waals surface area contributed by atoms with Crippen LogP contribution in [-0.2, 0) is 42.9 Å². The van der Waals surface area contributed by atoms with E-state index in [0.29, 0.717) is 50.7 Å². The van der Waals surface area contributed by atoms with E-state index in [9.17, 15) is 34.2 Å². The molecule has 11 atom stereocenters. The number of allylic oxidation sites excluding steroid dienone is 6. The second kappa shape index (κ2) is 22.2. The topological polar surface area (TPSA) is 166 Å². The number of hydrogen-bond donors (Lipinski definition) is 2. The fourth-order valence-electron chi connectivity index (χ4n) is 8.06. The minimum Gasteiger partial charge on any atom is -0.460 e. The van der Waals surface area contributed by atoms with Crippen LogP contribution in [0.4, 0.5) is 0 Å². The average molecular weight is 800 g/mol. The van der Waals surface area contributed by atoms with Crippen LogP contribution in [-0.4, -0.2) is 108 Å². The van der Waals surface area contributed by atoms with Crippen molar-refractivity contribution in [3.05, 3.63) is 47.6 Å². The van der Waals surface area contributed by atoms with Crippen molar-refractivity contribution in [3.63, 3.8) is 0 Å². The fourth-order valence-corrected chi connectivity index (χ4v) is 8.06. The molecule has 3 aliphatic rings. The molecule has 0 radical (unpaired) electrons. The molecular weight excluding hydrogens is 730 g/mol. The number of amides is 1. The van der Waals surface area contributed by atoms with E-state index >= 15 is 0 Å². The molecule has 320 valence electrons. The third-order valence-corrected chi connectivity index (χ3v) is 12.0. The van der Waals surface area contributed by atoms with Gasteiger partial charge in [0.15, 0.2) is 5.78 Å². The smallest absolute Gasteiger partial charge is 0.329 e. The Morgan fingerprint density at radius 2 is 1.63 bits per heavy atom. The Hall–Kier alpha value is -3.29. The Balaban J connectivity index is 2.00. The highest BCUT2D eigenvalue weighted by Crippen LogP contribution is 2.37. The number of cyclic esters (lactones) is 1. The standard InChI is InChI=1S/C45H69NO11/c1-27(2)38-25-37(47)30(5)23-32(7)40(49)41(55-10)39(48)31(6)22-28(3)16-12-11-13-17-29(4)34(26-54-9)24-35-20-19-33(8)45(53,57-35)42(50)43(51)46-21-15-14-18-36(46)44(52)56-38/h11-13,16-17,23,27-28,30-31,33-36,38,40-41,49,53H,14-15,18-22,24-26H2,1-10H3/b13-11+,16-12+,29-17+,32-23+/t28-,30?,31-,33-,34?,35?,36+,38?,40-,41?,45-/m1/s1. The predicted molar refractivity (Wildman–Crippen MR) is 217 cm³/mol. The molecule has 1 amide bonds. The van der Waals surface area contributed by atoms with E-state index in [0.717, 1.165) is 5.57 Å². The van der Waals surface area contributed by atoms with Gasteiger partial charge in [-0.3, -0.25) is 19.2 Å². The number of Topliss-reactive ketones (excluding diaryl/α,β-unsaturated/α-hetero) is 3. The molecule has 0 aromatic rings. The Bertz CT molecular complexity index is 1530. The fraction of sp³-hybridized carbons (Fsp3) is 0.711. The molecule has 0 aromatic heterocycles. The van der Waals surface area contributed by atoms with Crippen LogP contribution in [0.1, 0.15) is 107 Å². The summed E-state index contributed by atoms with van der Waals surface area (Å²) in [5.74, 6) is -7.78. The summed E-state index contributed by atoms with van der Waals surface area (Å²) < 4.78 is 23.1. The first-order valence-electron chi connectivity index (χ1n) is 20.8. The summed E-state index contributed by atoms with van der Waals surface area (Å²) in [6.45, 7) is 15.0. The monoisotopic (exact) mass is 799 g/mol. The number of hydrogen-bond acceptors (Lipinski definition) is 11. The third kappa shape index (κ3) is 12.8. The van der Waals surface area contributed by atoms with Crippen molar-refractivity contribution >= 4 is 29.2 Å². The third-order valence-electron chi connectivity index (χ3n) is 12.0. The molecule has 2 bridgehead atoms. The zero-order chi connectivity index (χ0) is 42.6. The van der Waals surface area contributed by atoms with E-state index in [1.54, 1.807) is 34.0 Å². The molecule has 2 saturated heterocycles. The lowest BCUT2D eigenvalue weighted by atomic mass is 9.83. The number of esters is 1. The number of piperidine rings is 1. The van der Waals surface area contributed by atoms with Crippen LogP contribution in [0, 0.1) is 35.5 Å². The van der Waals surface area contributed by atoms with Crippen molar-refractivity contribution in [1.82, 2.24) is 4.90 Å². The maximum absolute atomic E-state index is 14.0. The normalized spacial score (nSPS) is 38.4. The minimum atomic E-state index is -2.38. The van der Waals surface area contributed by atoms with E-state index in [4.69, 9.17) is 18.9 Å². The first-order valence-corrected chi connectivity index (χ1v) is 20.8. The molecule has 0 spiro atoms. The van der Waals surface area contributed by atoms with E-state index in [2.05, 4.69) is 0 Å². The summed E-state index contributed by atoms with van der Waals surface area (Å²) in [5, 5.41) is 23.0. The van der Waals surface area contributed by atoms with Crippen molar-refractivity contribution in [2.24, 2.45) is 35.5 Å². The van der Waals surface area contributed by atoms with E-state index in [1.165, 1.54) is 12.0 Å². The number of aliphatic hydroxyl groups is 2. The number of rotatable bonds is 4. The predicted octanol–water partition coefficient (Wildman–Crippen LogP) is 5.88. The Morgan fingerprint density at radius 1 is 0.930 bits per heavy atom. The molecule has 5 unspecified atom stereocenters. The number of carbonyl (C=O) groups excluding carboxylic acids is 5. The molecule has 57 heavy (non-hydrogen) atoms. The maximum Gasteiger partial charge on any atom is 0.329 e. The van der Waals surface area contributed by atoms with Crippen molar-refractivity contribution in [1.29, 1.82) is 0 Å². The van der Waals surface area contributed by atoms with E-state index < -0.39 is 71.7 Å². The summed E-state index contributed by atoms with van der Waals surface area (Å²) >= 11 is 0. The van der Waals surface area contributed by atoms with E-state index in [1.807, 2.05) is 65.0 Å². The van der Waals surface area contributed by atoms with Gasteiger partial charge >= 0.3 is 5.97 Å². The molecule has 3 rings (SSSR count). The molecule has 0 saturated carbocycles. The zero-order valence-electron chi connectivity index (χ0n) is 35.9. The van der Waals surface area contributed by atoms with Crippen LogP contribution in [0.3, 0.4) is 0 Å². The second-order valence-corrected chi connectivity index (χ2v) is 17.0. The number of carbonyl (C=O) groups is 5. The summed E-state index contributed by atoms with van der Waals surface area (Å²) in [7, 11) is 2.99. The van der Waals surface area contributed by atoms with Gasteiger partial charge in [0.25, 0.3) is 11.7 Å². The number of ketones is 3.